The molecule has 0 aliphatic carbocycles. The largest absolute Gasteiger partial charge is 0.490 e. The summed E-state index contributed by atoms with van der Waals surface area (Å²) in [6.07, 6.45) is 4.23. The van der Waals surface area contributed by atoms with Gasteiger partial charge >= 0.3 is 0 Å². The third-order valence-corrected chi connectivity index (χ3v) is 3.03. The van der Waals surface area contributed by atoms with Crippen LogP contribution in [-0.4, -0.2) is 25.7 Å². The molecule has 4 nitrogen and oxygen atoms in total. The topological polar surface area (TPSA) is 47.6 Å². The van der Waals surface area contributed by atoms with Crippen LogP contribution in [0.25, 0.3) is 0 Å². The summed E-state index contributed by atoms with van der Waals surface area (Å²) in [7, 11) is 0. The fourth-order valence-corrected chi connectivity index (χ4v) is 1.93. The van der Waals surface area contributed by atoms with E-state index in [9.17, 15) is 4.79 Å². The number of benzene rings is 1. The number of rotatable bonds is 10. The molecule has 1 N–H and O–H groups in total. The maximum atomic E-state index is 12.1. The predicted molar refractivity (Wildman–Crippen MR) is 85.3 cm³/mol. The summed E-state index contributed by atoms with van der Waals surface area (Å²) in [6, 6.07) is 5.34. The fraction of sp³-hybridized carbons (Fsp3) is 0.588. The van der Waals surface area contributed by atoms with Crippen molar-refractivity contribution in [1.82, 2.24) is 5.32 Å². The molecule has 1 rings (SSSR count). The van der Waals surface area contributed by atoms with E-state index in [0.717, 1.165) is 25.7 Å². The van der Waals surface area contributed by atoms with Gasteiger partial charge in [-0.25, -0.2) is 0 Å². The van der Waals surface area contributed by atoms with Gasteiger partial charge in [-0.2, -0.15) is 0 Å². The van der Waals surface area contributed by atoms with E-state index in [4.69, 9.17) is 9.47 Å². The quantitative estimate of drug-likeness (QED) is 0.668. The molecule has 118 valence electrons. The first-order valence-electron chi connectivity index (χ1n) is 7.90. The van der Waals surface area contributed by atoms with E-state index in [1.807, 2.05) is 13.0 Å². The predicted octanol–water partition coefficient (Wildman–Crippen LogP) is 3.79. The summed E-state index contributed by atoms with van der Waals surface area (Å²) in [5, 5.41) is 2.93. The van der Waals surface area contributed by atoms with E-state index < -0.39 is 0 Å². The monoisotopic (exact) mass is 293 g/mol. The lowest BCUT2D eigenvalue weighted by atomic mass is 10.2. The minimum atomic E-state index is -0.0610. The molecule has 0 atom stereocenters. The van der Waals surface area contributed by atoms with Crippen LogP contribution in [0.5, 0.6) is 11.5 Å². The maximum Gasteiger partial charge on any atom is 0.251 e. The Balaban J connectivity index is 2.69. The summed E-state index contributed by atoms with van der Waals surface area (Å²) >= 11 is 0. The van der Waals surface area contributed by atoms with Crippen LogP contribution >= 0.6 is 0 Å². The van der Waals surface area contributed by atoms with Gasteiger partial charge in [-0.3, -0.25) is 4.79 Å². The van der Waals surface area contributed by atoms with Crippen LogP contribution in [0.15, 0.2) is 18.2 Å². The molecule has 21 heavy (non-hydrogen) atoms. The zero-order chi connectivity index (χ0) is 15.5. The lowest BCUT2D eigenvalue weighted by molar-refractivity contribution is 0.0952. The van der Waals surface area contributed by atoms with Crippen molar-refractivity contribution in [2.45, 2.75) is 46.5 Å². The van der Waals surface area contributed by atoms with Gasteiger partial charge in [0, 0.05) is 12.1 Å². The Morgan fingerprint density at radius 3 is 2.52 bits per heavy atom. The summed E-state index contributed by atoms with van der Waals surface area (Å²) in [6.45, 7) is 8.02. The zero-order valence-corrected chi connectivity index (χ0v) is 13.4. The second kappa shape index (κ2) is 10.1. The Morgan fingerprint density at radius 1 is 1.05 bits per heavy atom. The van der Waals surface area contributed by atoms with Crippen LogP contribution in [0.3, 0.4) is 0 Å². The van der Waals surface area contributed by atoms with Crippen LogP contribution in [0.4, 0.5) is 0 Å². The highest BCUT2D eigenvalue weighted by Crippen LogP contribution is 2.28. The lowest BCUT2D eigenvalue weighted by Gasteiger charge is -2.13. The van der Waals surface area contributed by atoms with Crippen molar-refractivity contribution in [2.75, 3.05) is 19.8 Å². The number of carbonyl (C=O) groups is 1. The molecule has 4 heteroatoms. The SMILES string of the molecule is CCCCCNC(=O)c1ccc(OCCC)c(OCC)c1. The van der Waals surface area contributed by atoms with E-state index in [2.05, 4.69) is 19.2 Å². The maximum absolute atomic E-state index is 12.1. The Kier molecular flexibility index (Phi) is 8.32. The molecule has 0 spiro atoms. The highest BCUT2D eigenvalue weighted by Gasteiger charge is 2.11. The van der Waals surface area contributed by atoms with Gasteiger partial charge in [0.05, 0.1) is 13.2 Å². The first kappa shape index (κ1) is 17.3. The van der Waals surface area contributed by atoms with Crippen molar-refractivity contribution in [3.63, 3.8) is 0 Å². The van der Waals surface area contributed by atoms with Gasteiger partial charge in [-0.05, 0) is 38.0 Å². The van der Waals surface area contributed by atoms with E-state index >= 15 is 0 Å². The van der Waals surface area contributed by atoms with E-state index in [-0.39, 0.29) is 5.91 Å². The van der Waals surface area contributed by atoms with Gasteiger partial charge in [-0.15, -0.1) is 0 Å². The Hall–Kier alpha value is -1.71. The van der Waals surface area contributed by atoms with Gasteiger partial charge < -0.3 is 14.8 Å². The molecule has 0 aliphatic heterocycles. The van der Waals surface area contributed by atoms with Crippen LogP contribution in [0, 0.1) is 0 Å². The number of amides is 1. The van der Waals surface area contributed by atoms with Crippen molar-refractivity contribution < 1.29 is 14.3 Å². The first-order valence-corrected chi connectivity index (χ1v) is 7.90. The van der Waals surface area contributed by atoms with Gasteiger partial charge in [-0.1, -0.05) is 26.7 Å². The Morgan fingerprint density at radius 2 is 1.86 bits per heavy atom. The number of hydrogen-bond donors (Lipinski definition) is 1. The third-order valence-electron chi connectivity index (χ3n) is 3.03. The highest BCUT2D eigenvalue weighted by atomic mass is 16.5. The molecule has 0 aliphatic rings. The molecule has 0 unspecified atom stereocenters. The molecule has 1 amide bonds. The van der Waals surface area contributed by atoms with E-state index in [0.29, 0.717) is 36.8 Å². The Labute approximate surface area is 127 Å². The normalized spacial score (nSPS) is 10.2. The average Bonchev–Trinajstić information content (AvgIpc) is 2.50. The van der Waals surface area contributed by atoms with Crippen LogP contribution in [0.2, 0.25) is 0 Å². The zero-order valence-electron chi connectivity index (χ0n) is 13.4. The van der Waals surface area contributed by atoms with Crippen LogP contribution in [-0.2, 0) is 0 Å². The molecule has 0 saturated heterocycles. The van der Waals surface area contributed by atoms with Crippen LogP contribution in [0.1, 0.15) is 56.8 Å². The molecular weight excluding hydrogens is 266 g/mol. The number of unbranched alkanes of at least 4 members (excludes halogenated alkanes) is 2. The van der Waals surface area contributed by atoms with Gasteiger partial charge in [0.1, 0.15) is 0 Å². The first-order chi connectivity index (χ1) is 10.2. The molecule has 0 bridgehead atoms. The van der Waals surface area contributed by atoms with Crippen molar-refractivity contribution in [2.24, 2.45) is 0 Å². The summed E-state index contributed by atoms with van der Waals surface area (Å²) < 4.78 is 11.2. The molecule has 1 aromatic rings. The molecular formula is C17H27NO3. The minimum absolute atomic E-state index is 0.0610. The smallest absolute Gasteiger partial charge is 0.251 e. The summed E-state index contributed by atoms with van der Waals surface area (Å²) in [4.78, 5) is 12.1. The van der Waals surface area contributed by atoms with Gasteiger partial charge in [0.25, 0.3) is 5.91 Å². The standard InChI is InChI=1S/C17H27NO3/c1-4-7-8-11-18-17(19)14-9-10-15(21-12-5-2)16(13-14)20-6-3/h9-10,13H,4-8,11-12H2,1-3H3,(H,18,19). The third kappa shape index (κ3) is 6.06. The van der Waals surface area contributed by atoms with Gasteiger partial charge in [0.2, 0.25) is 0 Å². The summed E-state index contributed by atoms with van der Waals surface area (Å²) in [5.74, 6) is 1.27. The average molecular weight is 293 g/mol. The number of ether oxygens (including phenoxy) is 2. The molecule has 1 aromatic carbocycles. The number of hydrogen-bond acceptors (Lipinski definition) is 3. The van der Waals surface area contributed by atoms with Crippen molar-refractivity contribution in [1.29, 1.82) is 0 Å². The molecule has 0 heterocycles. The summed E-state index contributed by atoms with van der Waals surface area (Å²) in [5.41, 5.74) is 0.610. The molecule has 0 saturated carbocycles. The Bertz CT molecular complexity index is 432. The molecule has 0 fully saturated rings. The van der Waals surface area contributed by atoms with Crippen LogP contribution < -0.4 is 14.8 Å². The lowest BCUT2D eigenvalue weighted by Crippen LogP contribution is -2.24. The molecule has 0 radical (unpaired) electrons. The highest BCUT2D eigenvalue weighted by molar-refractivity contribution is 5.94. The fourth-order valence-electron chi connectivity index (χ4n) is 1.93. The molecule has 0 aromatic heterocycles. The van der Waals surface area contributed by atoms with Crippen molar-refractivity contribution >= 4 is 5.91 Å². The number of carbonyl (C=O) groups excluding carboxylic acids is 1. The van der Waals surface area contributed by atoms with E-state index in [1.165, 1.54) is 0 Å². The van der Waals surface area contributed by atoms with Gasteiger partial charge in [0.15, 0.2) is 11.5 Å². The number of nitrogens with one attached hydrogen (secondary N) is 1. The minimum Gasteiger partial charge on any atom is -0.490 e. The second-order valence-electron chi connectivity index (χ2n) is 4.91. The van der Waals surface area contributed by atoms with Crippen molar-refractivity contribution in [3.05, 3.63) is 23.8 Å². The second-order valence-corrected chi connectivity index (χ2v) is 4.91. The van der Waals surface area contributed by atoms with Crippen molar-refractivity contribution in [3.8, 4) is 11.5 Å². The van der Waals surface area contributed by atoms with E-state index in [1.54, 1.807) is 12.1 Å².